The van der Waals surface area contributed by atoms with E-state index in [1.165, 1.54) is 11.3 Å². The van der Waals surface area contributed by atoms with E-state index in [1.54, 1.807) is 6.07 Å². The lowest BCUT2D eigenvalue weighted by Crippen LogP contribution is -2.19. The number of hydrazone groups is 1. The van der Waals surface area contributed by atoms with Crippen LogP contribution in [0.4, 0.5) is 0 Å². The Balaban J connectivity index is 2.55. The van der Waals surface area contributed by atoms with Gasteiger partial charge in [0.05, 0.1) is 4.88 Å². The molecule has 0 aliphatic heterocycles. The molecular formula is C10H14N2OS. The van der Waals surface area contributed by atoms with Gasteiger partial charge in [-0.3, -0.25) is 4.79 Å². The molecule has 1 aromatic heterocycles. The van der Waals surface area contributed by atoms with Crippen molar-refractivity contribution < 1.29 is 4.79 Å². The standard InChI is InChI=1S/C10H14N2OS/c1-7(2)8(3)11-12-10(13)9-5-4-6-14-9/h4-7H,1-3H3,(H,12,13)/b11-8+. The van der Waals surface area contributed by atoms with Gasteiger partial charge in [0.1, 0.15) is 0 Å². The van der Waals surface area contributed by atoms with Crippen molar-refractivity contribution >= 4 is 23.0 Å². The van der Waals surface area contributed by atoms with E-state index in [9.17, 15) is 4.79 Å². The molecule has 0 saturated heterocycles. The SMILES string of the molecule is C/C(=N\NC(=O)c1cccs1)C(C)C. The fourth-order valence-electron chi connectivity index (χ4n) is 0.731. The van der Waals surface area contributed by atoms with Crippen LogP contribution >= 0.6 is 11.3 Å². The van der Waals surface area contributed by atoms with Gasteiger partial charge in [0.25, 0.3) is 5.91 Å². The highest BCUT2D eigenvalue weighted by atomic mass is 32.1. The van der Waals surface area contributed by atoms with Crippen LogP contribution in [-0.4, -0.2) is 11.6 Å². The Morgan fingerprint density at radius 1 is 1.57 bits per heavy atom. The number of rotatable bonds is 3. The van der Waals surface area contributed by atoms with Crippen molar-refractivity contribution in [1.82, 2.24) is 5.43 Å². The third-order valence-corrected chi connectivity index (χ3v) is 2.78. The highest BCUT2D eigenvalue weighted by Crippen LogP contribution is 2.07. The maximum absolute atomic E-state index is 11.4. The van der Waals surface area contributed by atoms with Gasteiger partial charge in [-0.1, -0.05) is 19.9 Å². The first-order valence-corrected chi connectivity index (χ1v) is 5.37. The Kier molecular flexibility index (Phi) is 3.83. The summed E-state index contributed by atoms with van der Waals surface area (Å²) >= 11 is 1.41. The molecule has 0 radical (unpaired) electrons. The molecule has 1 rings (SSSR count). The zero-order valence-electron chi connectivity index (χ0n) is 8.57. The molecule has 0 aromatic carbocycles. The van der Waals surface area contributed by atoms with E-state index in [4.69, 9.17) is 0 Å². The average molecular weight is 210 g/mol. The molecule has 1 heterocycles. The van der Waals surface area contributed by atoms with Crippen molar-refractivity contribution in [2.24, 2.45) is 11.0 Å². The molecule has 0 spiro atoms. The van der Waals surface area contributed by atoms with Crippen molar-refractivity contribution in [2.75, 3.05) is 0 Å². The van der Waals surface area contributed by atoms with Crippen LogP contribution in [0.3, 0.4) is 0 Å². The highest BCUT2D eigenvalue weighted by molar-refractivity contribution is 7.12. The van der Waals surface area contributed by atoms with Crippen molar-refractivity contribution in [1.29, 1.82) is 0 Å². The van der Waals surface area contributed by atoms with Crippen LogP contribution in [0.1, 0.15) is 30.4 Å². The number of amides is 1. The predicted octanol–water partition coefficient (Wildman–Crippen LogP) is 2.51. The molecule has 0 aliphatic rings. The summed E-state index contributed by atoms with van der Waals surface area (Å²) in [7, 11) is 0. The monoisotopic (exact) mass is 210 g/mol. The minimum atomic E-state index is -0.139. The molecule has 0 saturated carbocycles. The van der Waals surface area contributed by atoms with Gasteiger partial charge in [-0.25, -0.2) is 5.43 Å². The molecule has 76 valence electrons. The molecule has 1 aromatic rings. The summed E-state index contributed by atoms with van der Waals surface area (Å²) in [5, 5.41) is 5.87. The van der Waals surface area contributed by atoms with Crippen molar-refractivity contribution in [3.05, 3.63) is 22.4 Å². The van der Waals surface area contributed by atoms with Crippen LogP contribution < -0.4 is 5.43 Å². The van der Waals surface area contributed by atoms with Gasteiger partial charge in [0.15, 0.2) is 0 Å². The molecule has 0 aliphatic carbocycles. The molecule has 0 atom stereocenters. The molecule has 0 bridgehead atoms. The number of thiophene rings is 1. The minimum Gasteiger partial charge on any atom is -0.266 e. The second-order valence-electron chi connectivity index (χ2n) is 3.33. The molecule has 0 unspecified atom stereocenters. The molecule has 1 N–H and O–H groups in total. The Bertz CT molecular complexity index is 328. The van der Waals surface area contributed by atoms with E-state index in [1.807, 2.05) is 32.2 Å². The maximum Gasteiger partial charge on any atom is 0.281 e. The van der Waals surface area contributed by atoms with E-state index in [0.29, 0.717) is 10.8 Å². The fourth-order valence-corrected chi connectivity index (χ4v) is 1.34. The quantitative estimate of drug-likeness (QED) is 0.604. The van der Waals surface area contributed by atoms with Crippen LogP contribution in [0, 0.1) is 5.92 Å². The second kappa shape index (κ2) is 4.91. The topological polar surface area (TPSA) is 41.5 Å². The maximum atomic E-state index is 11.4. The summed E-state index contributed by atoms with van der Waals surface area (Å²) in [5.41, 5.74) is 3.45. The van der Waals surface area contributed by atoms with Crippen LogP contribution in [-0.2, 0) is 0 Å². The molecule has 4 heteroatoms. The number of carbonyl (C=O) groups excluding carboxylic acids is 1. The largest absolute Gasteiger partial charge is 0.281 e. The van der Waals surface area contributed by atoms with E-state index in [0.717, 1.165) is 5.71 Å². The zero-order valence-corrected chi connectivity index (χ0v) is 9.39. The lowest BCUT2D eigenvalue weighted by Gasteiger charge is -2.03. The van der Waals surface area contributed by atoms with Gasteiger partial charge in [-0.2, -0.15) is 5.10 Å². The number of nitrogens with zero attached hydrogens (tertiary/aromatic N) is 1. The first kappa shape index (κ1) is 10.9. The summed E-state index contributed by atoms with van der Waals surface area (Å²) in [6.07, 6.45) is 0. The second-order valence-corrected chi connectivity index (χ2v) is 4.27. The predicted molar refractivity (Wildman–Crippen MR) is 59.7 cm³/mol. The summed E-state index contributed by atoms with van der Waals surface area (Å²) in [5.74, 6) is 0.221. The van der Waals surface area contributed by atoms with Crippen molar-refractivity contribution in [3.63, 3.8) is 0 Å². The van der Waals surface area contributed by atoms with Gasteiger partial charge < -0.3 is 0 Å². The van der Waals surface area contributed by atoms with Gasteiger partial charge in [0, 0.05) is 5.71 Å². The van der Waals surface area contributed by atoms with Crippen molar-refractivity contribution in [3.8, 4) is 0 Å². The Morgan fingerprint density at radius 3 is 2.79 bits per heavy atom. The average Bonchev–Trinajstić information content (AvgIpc) is 2.66. The van der Waals surface area contributed by atoms with E-state index < -0.39 is 0 Å². The van der Waals surface area contributed by atoms with E-state index in [-0.39, 0.29) is 5.91 Å². The smallest absolute Gasteiger partial charge is 0.266 e. The first-order chi connectivity index (χ1) is 6.61. The molecular weight excluding hydrogens is 196 g/mol. The van der Waals surface area contributed by atoms with Crippen LogP contribution in [0.5, 0.6) is 0 Å². The molecule has 3 nitrogen and oxygen atoms in total. The number of carbonyl (C=O) groups is 1. The summed E-state index contributed by atoms with van der Waals surface area (Å²) in [6.45, 7) is 5.98. The van der Waals surface area contributed by atoms with Gasteiger partial charge in [0.2, 0.25) is 0 Å². The lowest BCUT2D eigenvalue weighted by atomic mass is 10.1. The minimum absolute atomic E-state index is 0.139. The van der Waals surface area contributed by atoms with Crippen molar-refractivity contribution in [2.45, 2.75) is 20.8 Å². The Hall–Kier alpha value is -1.16. The van der Waals surface area contributed by atoms with Gasteiger partial charge in [-0.05, 0) is 24.3 Å². The summed E-state index contributed by atoms with van der Waals surface area (Å²) < 4.78 is 0. The van der Waals surface area contributed by atoms with Gasteiger partial charge in [-0.15, -0.1) is 11.3 Å². The Morgan fingerprint density at radius 2 is 2.29 bits per heavy atom. The fraction of sp³-hybridized carbons (Fsp3) is 0.400. The van der Waals surface area contributed by atoms with Crippen LogP contribution in [0.25, 0.3) is 0 Å². The number of hydrogen-bond acceptors (Lipinski definition) is 3. The third kappa shape index (κ3) is 2.96. The normalized spacial score (nSPS) is 11.9. The highest BCUT2D eigenvalue weighted by Gasteiger charge is 2.05. The number of hydrogen-bond donors (Lipinski definition) is 1. The lowest BCUT2D eigenvalue weighted by molar-refractivity contribution is 0.0958. The van der Waals surface area contributed by atoms with Crippen LogP contribution in [0.15, 0.2) is 22.6 Å². The van der Waals surface area contributed by atoms with E-state index >= 15 is 0 Å². The van der Waals surface area contributed by atoms with E-state index in [2.05, 4.69) is 10.5 Å². The number of nitrogens with one attached hydrogen (secondary N) is 1. The summed E-state index contributed by atoms with van der Waals surface area (Å²) in [6, 6.07) is 3.62. The molecule has 1 amide bonds. The zero-order chi connectivity index (χ0) is 10.6. The third-order valence-electron chi connectivity index (χ3n) is 1.91. The molecule has 0 fully saturated rings. The molecule has 14 heavy (non-hydrogen) atoms. The van der Waals surface area contributed by atoms with Gasteiger partial charge >= 0.3 is 0 Å². The van der Waals surface area contributed by atoms with Crippen LogP contribution in [0.2, 0.25) is 0 Å². The first-order valence-electron chi connectivity index (χ1n) is 4.49. The Labute approximate surface area is 87.8 Å². The summed E-state index contributed by atoms with van der Waals surface area (Å²) in [4.78, 5) is 12.1.